The van der Waals surface area contributed by atoms with E-state index in [4.69, 9.17) is 5.11 Å². The molecule has 102 valence electrons. The summed E-state index contributed by atoms with van der Waals surface area (Å²) in [5, 5.41) is 28.3. The fourth-order valence-electron chi connectivity index (χ4n) is 1.81. The maximum atomic E-state index is 11.1. The molecule has 0 aliphatic rings. The Kier molecular flexibility index (Phi) is 3.70. The molecule has 20 heavy (non-hydrogen) atoms. The van der Waals surface area contributed by atoms with Gasteiger partial charge in [0.2, 0.25) is 0 Å². The van der Waals surface area contributed by atoms with E-state index in [9.17, 15) is 15.0 Å². The average molecular weight is 271 g/mol. The SMILES string of the molecule is CC(=Nc1ccccc1C(=O)O)c1cc(O)ccc1O. The molecule has 5 nitrogen and oxygen atoms in total. The topological polar surface area (TPSA) is 90.1 Å². The Hall–Kier alpha value is -2.82. The lowest BCUT2D eigenvalue weighted by Crippen LogP contribution is -1.99. The van der Waals surface area contributed by atoms with Crippen LogP contribution in [-0.4, -0.2) is 27.0 Å². The van der Waals surface area contributed by atoms with Crippen LogP contribution in [0.25, 0.3) is 0 Å². The third kappa shape index (κ3) is 2.77. The normalized spacial score (nSPS) is 11.3. The van der Waals surface area contributed by atoms with Crippen LogP contribution in [-0.2, 0) is 0 Å². The van der Waals surface area contributed by atoms with Crippen molar-refractivity contribution in [3.8, 4) is 11.5 Å². The van der Waals surface area contributed by atoms with Gasteiger partial charge in [0.15, 0.2) is 0 Å². The van der Waals surface area contributed by atoms with Gasteiger partial charge >= 0.3 is 5.97 Å². The van der Waals surface area contributed by atoms with E-state index in [1.165, 1.54) is 24.3 Å². The first-order valence-corrected chi connectivity index (χ1v) is 5.89. The third-order valence-electron chi connectivity index (χ3n) is 2.79. The van der Waals surface area contributed by atoms with Crippen molar-refractivity contribution in [2.75, 3.05) is 0 Å². The molecule has 0 unspecified atom stereocenters. The van der Waals surface area contributed by atoms with Crippen LogP contribution in [0.4, 0.5) is 5.69 Å². The number of aromatic hydroxyl groups is 2. The van der Waals surface area contributed by atoms with Crippen LogP contribution in [0.15, 0.2) is 47.5 Å². The Balaban J connectivity index is 2.50. The molecule has 0 aliphatic carbocycles. The van der Waals surface area contributed by atoms with Crippen molar-refractivity contribution >= 4 is 17.4 Å². The molecule has 5 heteroatoms. The number of rotatable bonds is 3. The summed E-state index contributed by atoms with van der Waals surface area (Å²) in [6.07, 6.45) is 0. The highest BCUT2D eigenvalue weighted by molar-refractivity contribution is 6.04. The predicted molar refractivity (Wildman–Crippen MR) is 75.0 cm³/mol. The van der Waals surface area contributed by atoms with Gasteiger partial charge in [0, 0.05) is 11.3 Å². The number of carboxylic acids is 1. The van der Waals surface area contributed by atoms with E-state index in [2.05, 4.69) is 4.99 Å². The van der Waals surface area contributed by atoms with Crippen LogP contribution in [0.5, 0.6) is 11.5 Å². The summed E-state index contributed by atoms with van der Waals surface area (Å²) < 4.78 is 0. The van der Waals surface area contributed by atoms with E-state index in [1.807, 2.05) is 0 Å². The largest absolute Gasteiger partial charge is 0.508 e. The minimum absolute atomic E-state index is 0.00105. The quantitative estimate of drug-likeness (QED) is 0.591. The minimum Gasteiger partial charge on any atom is -0.508 e. The number of hydrogen-bond acceptors (Lipinski definition) is 4. The molecule has 0 spiro atoms. The summed E-state index contributed by atoms with van der Waals surface area (Å²) in [6.45, 7) is 1.63. The van der Waals surface area contributed by atoms with Gasteiger partial charge in [-0.15, -0.1) is 0 Å². The molecule has 0 amide bonds. The number of carbonyl (C=O) groups is 1. The van der Waals surface area contributed by atoms with Crippen molar-refractivity contribution in [2.24, 2.45) is 4.99 Å². The van der Waals surface area contributed by atoms with Crippen LogP contribution in [0, 0.1) is 0 Å². The van der Waals surface area contributed by atoms with Gasteiger partial charge in [-0.1, -0.05) is 12.1 Å². The Morgan fingerprint density at radius 3 is 2.45 bits per heavy atom. The molecule has 3 N–H and O–H groups in total. The summed E-state index contributed by atoms with van der Waals surface area (Å²) in [4.78, 5) is 15.3. The number of nitrogens with zero attached hydrogens (tertiary/aromatic N) is 1. The lowest BCUT2D eigenvalue weighted by molar-refractivity contribution is 0.0698. The first-order valence-electron chi connectivity index (χ1n) is 5.89. The molecule has 0 radical (unpaired) electrons. The number of carboxylic acid groups (broad SMARTS) is 1. The highest BCUT2D eigenvalue weighted by Gasteiger charge is 2.10. The fraction of sp³-hybridized carbons (Fsp3) is 0.0667. The van der Waals surface area contributed by atoms with E-state index in [0.29, 0.717) is 17.0 Å². The molecule has 0 saturated carbocycles. The Morgan fingerprint density at radius 2 is 1.75 bits per heavy atom. The van der Waals surface area contributed by atoms with Crippen molar-refractivity contribution in [1.82, 2.24) is 0 Å². The van der Waals surface area contributed by atoms with E-state index in [1.54, 1.807) is 25.1 Å². The first kappa shape index (κ1) is 13.6. The van der Waals surface area contributed by atoms with Crippen LogP contribution in [0.2, 0.25) is 0 Å². The van der Waals surface area contributed by atoms with E-state index in [0.717, 1.165) is 0 Å². The van der Waals surface area contributed by atoms with Crippen molar-refractivity contribution in [3.05, 3.63) is 53.6 Å². The van der Waals surface area contributed by atoms with Crippen LogP contribution in [0.3, 0.4) is 0 Å². The number of benzene rings is 2. The smallest absolute Gasteiger partial charge is 0.337 e. The van der Waals surface area contributed by atoms with Crippen LogP contribution in [0.1, 0.15) is 22.8 Å². The molecule has 0 aromatic heterocycles. The second-order valence-electron chi connectivity index (χ2n) is 4.22. The number of hydrogen-bond donors (Lipinski definition) is 3. The molecule has 2 rings (SSSR count). The molecule has 0 saturated heterocycles. The van der Waals surface area contributed by atoms with E-state index in [-0.39, 0.29) is 17.1 Å². The molecule has 0 heterocycles. The van der Waals surface area contributed by atoms with Crippen molar-refractivity contribution < 1.29 is 20.1 Å². The van der Waals surface area contributed by atoms with Crippen molar-refractivity contribution in [3.63, 3.8) is 0 Å². The number of aliphatic imine (C=N–C) groups is 1. The zero-order valence-corrected chi connectivity index (χ0v) is 10.7. The number of phenolic OH excluding ortho intramolecular Hbond substituents is 2. The minimum atomic E-state index is -1.07. The van der Waals surface area contributed by atoms with Gasteiger partial charge in [-0.25, -0.2) is 4.79 Å². The third-order valence-corrected chi connectivity index (χ3v) is 2.79. The van der Waals surface area contributed by atoms with E-state index >= 15 is 0 Å². The summed E-state index contributed by atoms with van der Waals surface area (Å²) >= 11 is 0. The second kappa shape index (κ2) is 5.44. The van der Waals surface area contributed by atoms with Gasteiger partial charge in [-0.2, -0.15) is 0 Å². The molecule has 0 bridgehead atoms. The maximum Gasteiger partial charge on any atom is 0.337 e. The summed E-state index contributed by atoms with van der Waals surface area (Å²) in [5.41, 5.74) is 1.13. The molecule has 2 aromatic carbocycles. The summed E-state index contributed by atoms with van der Waals surface area (Å²) in [7, 11) is 0. The van der Waals surface area contributed by atoms with Crippen molar-refractivity contribution in [2.45, 2.75) is 6.92 Å². The Bertz CT molecular complexity index is 692. The second-order valence-corrected chi connectivity index (χ2v) is 4.22. The zero-order valence-electron chi connectivity index (χ0n) is 10.7. The lowest BCUT2D eigenvalue weighted by Gasteiger charge is -2.06. The van der Waals surface area contributed by atoms with Gasteiger partial charge in [-0.05, 0) is 37.3 Å². The fourth-order valence-corrected chi connectivity index (χ4v) is 1.81. The van der Waals surface area contributed by atoms with Crippen LogP contribution < -0.4 is 0 Å². The standard InChI is InChI=1S/C15H13NO4/c1-9(12-8-10(17)6-7-14(12)18)16-13-5-3-2-4-11(13)15(19)20/h2-8,17-18H,1H3,(H,19,20). The van der Waals surface area contributed by atoms with Gasteiger partial charge < -0.3 is 15.3 Å². The molecular formula is C15H13NO4. The maximum absolute atomic E-state index is 11.1. The summed E-state index contributed by atoms with van der Waals surface area (Å²) in [6, 6.07) is 10.4. The molecular weight excluding hydrogens is 258 g/mol. The Morgan fingerprint density at radius 1 is 1.05 bits per heavy atom. The van der Waals surface area contributed by atoms with Crippen LogP contribution >= 0.6 is 0 Å². The Labute approximate surface area is 115 Å². The predicted octanol–water partition coefficient (Wildman–Crippen LogP) is 2.94. The number of aromatic carboxylic acids is 1. The molecule has 0 atom stereocenters. The highest BCUT2D eigenvalue weighted by atomic mass is 16.4. The van der Waals surface area contributed by atoms with Gasteiger partial charge in [0.1, 0.15) is 11.5 Å². The number of para-hydroxylation sites is 1. The van der Waals surface area contributed by atoms with Gasteiger partial charge in [-0.3, -0.25) is 4.99 Å². The zero-order chi connectivity index (χ0) is 14.7. The highest BCUT2D eigenvalue weighted by Crippen LogP contribution is 2.25. The molecule has 2 aromatic rings. The summed E-state index contributed by atoms with van der Waals surface area (Å²) in [5.74, 6) is -1.10. The number of phenols is 2. The van der Waals surface area contributed by atoms with E-state index < -0.39 is 5.97 Å². The van der Waals surface area contributed by atoms with Gasteiger partial charge in [0.25, 0.3) is 0 Å². The lowest BCUT2D eigenvalue weighted by atomic mass is 10.1. The van der Waals surface area contributed by atoms with Gasteiger partial charge in [0.05, 0.1) is 11.3 Å². The molecule has 0 aliphatic heterocycles. The molecule has 0 fully saturated rings. The first-order chi connectivity index (χ1) is 9.49. The van der Waals surface area contributed by atoms with Crippen molar-refractivity contribution in [1.29, 1.82) is 0 Å². The monoisotopic (exact) mass is 271 g/mol. The average Bonchev–Trinajstić information content (AvgIpc) is 2.41.